The summed E-state index contributed by atoms with van der Waals surface area (Å²) in [5.74, 6) is 0.893. The Morgan fingerprint density at radius 1 is 0.945 bits per heavy atom. The van der Waals surface area contributed by atoms with Crippen molar-refractivity contribution >= 4 is 45.3 Å². The molecule has 5 aromatic rings. The molecule has 4 aliphatic heterocycles. The summed E-state index contributed by atoms with van der Waals surface area (Å²) in [7, 11) is 0. The number of nitriles is 1. The lowest BCUT2D eigenvalue weighted by molar-refractivity contribution is -0.134. The third kappa shape index (κ3) is 7.00. The molecule has 4 fully saturated rings. The van der Waals surface area contributed by atoms with E-state index >= 15 is 0 Å². The van der Waals surface area contributed by atoms with Crippen LogP contribution >= 0.6 is 11.3 Å². The number of carbonyl (C=O) groups excluding carboxylic acids is 2. The average molecular weight is 757 g/mol. The Kier molecular flexibility index (Phi) is 9.39. The van der Waals surface area contributed by atoms with Crippen LogP contribution in [0.4, 0.5) is 16.6 Å². The Labute approximate surface area is 323 Å². The quantitative estimate of drug-likeness (QED) is 0.192. The fourth-order valence-electron chi connectivity index (χ4n) is 8.79. The first kappa shape index (κ1) is 35.3. The molecule has 0 saturated carbocycles. The van der Waals surface area contributed by atoms with E-state index in [1.54, 1.807) is 17.5 Å². The molecule has 14 nitrogen and oxygen atoms in total. The molecule has 4 aliphatic rings. The van der Waals surface area contributed by atoms with Gasteiger partial charge in [-0.15, -0.1) is 10.2 Å². The predicted octanol–water partition coefficient (Wildman–Crippen LogP) is 5.09. The first-order valence-electron chi connectivity index (χ1n) is 19.3. The Morgan fingerprint density at radius 2 is 1.76 bits per heavy atom. The van der Waals surface area contributed by atoms with Gasteiger partial charge < -0.3 is 15.1 Å². The van der Waals surface area contributed by atoms with Gasteiger partial charge >= 0.3 is 0 Å². The molecule has 3 atom stereocenters. The van der Waals surface area contributed by atoms with Gasteiger partial charge in [-0.1, -0.05) is 17.4 Å². The summed E-state index contributed by atoms with van der Waals surface area (Å²) in [6, 6.07) is 15.2. The Balaban J connectivity index is 0.828. The van der Waals surface area contributed by atoms with Gasteiger partial charge in [0.1, 0.15) is 11.9 Å². The van der Waals surface area contributed by atoms with Crippen LogP contribution in [0.2, 0.25) is 0 Å². The molecule has 282 valence electrons. The number of anilines is 3. The van der Waals surface area contributed by atoms with Crippen molar-refractivity contribution in [2.24, 2.45) is 5.92 Å². The van der Waals surface area contributed by atoms with Gasteiger partial charge in [0.2, 0.25) is 16.9 Å². The van der Waals surface area contributed by atoms with E-state index in [4.69, 9.17) is 15.1 Å². The second kappa shape index (κ2) is 14.6. The van der Waals surface area contributed by atoms with Gasteiger partial charge in [0.15, 0.2) is 5.01 Å². The number of aromatic nitrogens is 6. The number of imide groups is 1. The summed E-state index contributed by atoms with van der Waals surface area (Å²) in [5, 5.41) is 31.0. The third-order valence-corrected chi connectivity index (χ3v) is 12.6. The van der Waals surface area contributed by atoms with Gasteiger partial charge in [-0.3, -0.25) is 24.8 Å². The maximum absolute atomic E-state index is 12.3. The van der Waals surface area contributed by atoms with Crippen LogP contribution < -0.4 is 20.4 Å². The van der Waals surface area contributed by atoms with Crippen LogP contribution in [-0.2, 0) is 9.59 Å². The number of amides is 2. The highest BCUT2D eigenvalue weighted by molar-refractivity contribution is 7.18. The first-order chi connectivity index (χ1) is 26.8. The summed E-state index contributed by atoms with van der Waals surface area (Å²) in [4.78, 5) is 41.0. The van der Waals surface area contributed by atoms with Gasteiger partial charge in [-0.25, -0.2) is 9.50 Å². The van der Waals surface area contributed by atoms with Crippen molar-refractivity contribution < 1.29 is 9.59 Å². The fourth-order valence-corrected chi connectivity index (χ4v) is 9.68. The van der Waals surface area contributed by atoms with Crippen molar-refractivity contribution in [1.82, 2.24) is 40.0 Å². The minimum atomic E-state index is -0.304. The van der Waals surface area contributed by atoms with E-state index in [1.165, 1.54) is 12.8 Å². The van der Waals surface area contributed by atoms with Gasteiger partial charge in [0.05, 0.1) is 40.1 Å². The lowest BCUT2D eigenvalue weighted by Gasteiger charge is -2.43. The molecule has 9 heterocycles. The van der Waals surface area contributed by atoms with Crippen molar-refractivity contribution in [3.63, 3.8) is 0 Å². The summed E-state index contributed by atoms with van der Waals surface area (Å²) < 4.78 is 1.81. The number of carbonyl (C=O) groups is 2. The molecule has 55 heavy (non-hydrogen) atoms. The smallest absolute Gasteiger partial charge is 0.234 e. The molecule has 2 amide bonds. The molecule has 5 aromatic heterocycles. The highest BCUT2D eigenvalue weighted by Crippen LogP contribution is 2.39. The van der Waals surface area contributed by atoms with E-state index in [-0.39, 0.29) is 23.8 Å². The summed E-state index contributed by atoms with van der Waals surface area (Å²) in [6.45, 7) is 9.25. The van der Waals surface area contributed by atoms with E-state index in [0.717, 1.165) is 95.2 Å². The molecule has 9 rings (SSSR count). The van der Waals surface area contributed by atoms with Gasteiger partial charge in [-0.2, -0.15) is 10.4 Å². The summed E-state index contributed by atoms with van der Waals surface area (Å²) in [5.41, 5.74) is 5.75. The van der Waals surface area contributed by atoms with Crippen molar-refractivity contribution in [2.75, 3.05) is 47.8 Å². The number of nitrogens with one attached hydrogen (secondary N) is 2. The average Bonchev–Trinajstić information content (AvgIpc) is 3.90. The largest absolute Gasteiger partial charge is 0.382 e. The Morgan fingerprint density at radius 3 is 2.49 bits per heavy atom. The zero-order valence-electron chi connectivity index (χ0n) is 31.1. The summed E-state index contributed by atoms with van der Waals surface area (Å²) in [6.07, 6.45) is 10.9. The van der Waals surface area contributed by atoms with E-state index < -0.39 is 0 Å². The minimum Gasteiger partial charge on any atom is -0.382 e. The number of hydrogen-bond acceptors (Lipinski definition) is 13. The van der Waals surface area contributed by atoms with Crippen LogP contribution in [0.5, 0.6) is 0 Å². The van der Waals surface area contributed by atoms with Crippen molar-refractivity contribution in [3.8, 4) is 28.0 Å². The first-order valence-corrected chi connectivity index (χ1v) is 20.1. The van der Waals surface area contributed by atoms with Crippen LogP contribution in [0.15, 0.2) is 55.0 Å². The van der Waals surface area contributed by atoms with Gasteiger partial charge in [0, 0.05) is 75.4 Å². The molecular formula is C40H44N12O2S. The number of pyridine rings is 2. The maximum Gasteiger partial charge on any atom is 0.234 e. The van der Waals surface area contributed by atoms with Crippen LogP contribution in [0.3, 0.4) is 0 Å². The standard InChI is InChI=1S/C40H44N12O2S/c1-24(2)45-33-16-34(35-8-6-28-15-26(17-41)18-44-52(28)35)42-20-32(33)39-47-48-40(55-39)50-22-29-4-5-30(23-50)51(29)21-25-11-13-49(14-12-25)36-9-3-27(19-43-36)31-7-10-37(53)46-38(31)54/h3,6,8-9,15-16,18-20,24-25,29-31H,4-5,7,10-14,21-23H2,1-2H3,(H,42,45)(H,46,53,54)/t29?,30?,31-/m1/s1. The number of nitrogens with zero attached hydrogens (tertiary/aromatic N) is 10. The van der Waals surface area contributed by atoms with E-state index in [1.807, 2.05) is 47.2 Å². The molecule has 2 unspecified atom stereocenters. The van der Waals surface area contributed by atoms with Crippen LogP contribution in [0, 0.1) is 17.2 Å². The Hall–Kier alpha value is -5.46. The number of piperidine rings is 2. The van der Waals surface area contributed by atoms with Crippen molar-refractivity contribution in [2.45, 2.75) is 76.4 Å². The molecule has 15 heteroatoms. The molecule has 0 spiro atoms. The van der Waals surface area contributed by atoms with Gasteiger partial charge in [-0.05, 0) is 87.8 Å². The second-order valence-electron chi connectivity index (χ2n) is 15.6. The molecule has 2 N–H and O–H groups in total. The normalized spacial score (nSPS) is 22.0. The Bertz CT molecular complexity index is 2260. The minimum absolute atomic E-state index is 0.195. The van der Waals surface area contributed by atoms with Crippen molar-refractivity contribution in [3.05, 3.63) is 66.1 Å². The lowest BCUT2D eigenvalue weighted by Crippen LogP contribution is -2.55. The number of rotatable bonds is 9. The van der Waals surface area contributed by atoms with Crippen LogP contribution in [0.25, 0.3) is 27.5 Å². The molecule has 4 saturated heterocycles. The molecule has 0 aliphatic carbocycles. The van der Waals surface area contributed by atoms with E-state index in [2.05, 4.69) is 61.5 Å². The van der Waals surface area contributed by atoms with Crippen LogP contribution in [-0.4, -0.2) is 97.3 Å². The SMILES string of the molecule is CC(C)Nc1cc(-c2ccc3cc(C#N)cnn23)ncc1-c1nnc(N2CC3CCC(C2)N3CC2CCN(c3ccc([C@H]4CCC(=O)NC4=O)cn3)CC2)s1. The third-order valence-electron chi connectivity index (χ3n) is 11.6. The molecule has 2 bridgehead atoms. The molecule has 0 aromatic carbocycles. The monoisotopic (exact) mass is 756 g/mol. The molecule has 0 radical (unpaired) electrons. The zero-order chi connectivity index (χ0) is 37.6. The predicted molar refractivity (Wildman–Crippen MR) is 211 cm³/mol. The fraction of sp³-hybridized carbons (Fsp3) is 0.450. The number of hydrogen-bond donors (Lipinski definition) is 2. The number of fused-ring (bicyclic) bond motifs is 3. The summed E-state index contributed by atoms with van der Waals surface area (Å²) >= 11 is 1.63. The second-order valence-corrected chi connectivity index (χ2v) is 16.5. The van der Waals surface area contributed by atoms with Gasteiger partial charge in [0.25, 0.3) is 0 Å². The van der Waals surface area contributed by atoms with E-state index in [0.29, 0.717) is 36.4 Å². The van der Waals surface area contributed by atoms with E-state index in [9.17, 15) is 14.9 Å². The zero-order valence-corrected chi connectivity index (χ0v) is 31.9. The number of piperazine rings is 1. The maximum atomic E-state index is 12.3. The lowest BCUT2D eigenvalue weighted by atomic mass is 9.91. The van der Waals surface area contributed by atoms with Crippen LogP contribution in [0.1, 0.15) is 69.4 Å². The highest BCUT2D eigenvalue weighted by Gasteiger charge is 2.42. The topological polar surface area (TPSA) is 161 Å². The highest BCUT2D eigenvalue weighted by atomic mass is 32.1. The van der Waals surface area contributed by atoms with Crippen molar-refractivity contribution in [1.29, 1.82) is 5.26 Å². The molecular weight excluding hydrogens is 713 g/mol.